The van der Waals surface area contributed by atoms with Gasteiger partial charge in [-0.2, -0.15) is 32.4 Å². The molecule has 0 heterocycles. The molecule has 0 amide bonds. The van der Waals surface area contributed by atoms with Crippen molar-refractivity contribution in [2.45, 2.75) is 58.3 Å². The van der Waals surface area contributed by atoms with Gasteiger partial charge in [0.2, 0.25) is 0 Å². The number of alkyl halides is 6. The van der Waals surface area contributed by atoms with Crippen molar-refractivity contribution in [2.24, 2.45) is 0 Å². The molecule has 9 heteroatoms. The van der Waals surface area contributed by atoms with Gasteiger partial charge >= 0.3 is 50.2 Å². The van der Waals surface area contributed by atoms with Gasteiger partial charge in [-0.3, -0.25) is 0 Å². The van der Waals surface area contributed by atoms with Gasteiger partial charge in [-0.05, 0) is 35.6 Å². The van der Waals surface area contributed by atoms with Crippen molar-refractivity contribution in [3.8, 4) is 11.1 Å². The van der Waals surface area contributed by atoms with E-state index in [4.69, 9.17) is 17.0 Å². The van der Waals surface area contributed by atoms with E-state index in [0.717, 1.165) is 35.9 Å². The predicted molar refractivity (Wildman–Crippen MR) is 119 cm³/mol. The van der Waals surface area contributed by atoms with Crippen LogP contribution in [-0.4, -0.2) is 0 Å². The van der Waals surface area contributed by atoms with Gasteiger partial charge in [-0.15, -0.1) is 34.5 Å². The Labute approximate surface area is 208 Å². The van der Waals surface area contributed by atoms with Crippen molar-refractivity contribution >= 4 is 27.8 Å². The third-order valence-corrected chi connectivity index (χ3v) is 5.17. The molecule has 0 nitrogen and oxygen atoms in total. The van der Waals surface area contributed by atoms with Gasteiger partial charge in [-0.25, -0.2) is 0 Å². The van der Waals surface area contributed by atoms with E-state index in [2.05, 4.69) is 0 Å². The molecule has 0 fully saturated rings. The molecule has 0 saturated heterocycles. The molecular weight excluding hydrogens is 564 g/mol. The van der Waals surface area contributed by atoms with Crippen LogP contribution < -0.4 is 0 Å². The van der Waals surface area contributed by atoms with Gasteiger partial charge in [-0.1, -0.05) is 45.2 Å². The topological polar surface area (TPSA) is 0 Å². The summed E-state index contributed by atoms with van der Waals surface area (Å²) in [7, 11) is 9.87. The Balaban J connectivity index is 0.00000122. The maximum absolute atomic E-state index is 13.4. The van der Waals surface area contributed by atoms with Crippen molar-refractivity contribution in [2.75, 3.05) is 0 Å². The number of benzene rings is 2. The third kappa shape index (κ3) is 7.05. The zero-order valence-corrected chi connectivity index (χ0v) is 22.4. The molecule has 0 N–H and O–H groups in total. The number of fused-ring (bicyclic) bond motifs is 1. The van der Waals surface area contributed by atoms with Crippen LogP contribution in [-0.2, 0) is 45.0 Å². The Bertz CT molecular complexity index is 1060. The normalized spacial score (nSPS) is 12.5. The van der Waals surface area contributed by atoms with Crippen molar-refractivity contribution in [3.05, 3.63) is 64.7 Å². The first-order valence-corrected chi connectivity index (χ1v) is 16.5. The molecule has 0 radical (unpaired) electrons. The number of hydrogen-bond acceptors (Lipinski definition) is 0. The van der Waals surface area contributed by atoms with Gasteiger partial charge in [0.05, 0.1) is 11.1 Å². The molecule has 0 saturated carbocycles. The number of halogens is 8. The number of hydrogen-bond donors (Lipinski definition) is 0. The Morgan fingerprint density at radius 1 is 0.848 bits per heavy atom. The molecule has 3 aromatic carbocycles. The Kier molecular flexibility index (Phi) is 9.26. The summed E-state index contributed by atoms with van der Waals surface area (Å²) in [4.78, 5) is 0. The maximum atomic E-state index is 13.4. The van der Waals surface area contributed by atoms with Gasteiger partial charge in [0.25, 0.3) is 0 Å². The first kappa shape index (κ1) is 28.3. The predicted octanol–water partition coefficient (Wildman–Crippen LogP) is 9.89. The van der Waals surface area contributed by atoms with Crippen LogP contribution >= 0.6 is 17.0 Å². The van der Waals surface area contributed by atoms with Gasteiger partial charge in [0, 0.05) is 0 Å². The molecule has 3 rings (SSSR count). The molecule has 0 aliphatic heterocycles. The Morgan fingerprint density at radius 2 is 1.36 bits per heavy atom. The molecule has 180 valence electrons. The Hall–Kier alpha value is -0.907. The minimum absolute atomic E-state index is 0.0682. The van der Waals surface area contributed by atoms with Crippen LogP contribution in [0.1, 0.15) is 56.4 Å². The second-order valence-electron chi connectivity index (χ2n) is 8.72. The molecule has 0 aliphatic carbocycles. The first-order chi connectivity index (χ1) is 15.1. The van der Waals surface area contributed by atoms with E-state index in [-0.39, 0.29) is 11.6 Å². The quantitative estimate of drug-likeness (QED) is 0.211. The fourth-order valence-corrected chi connectivity index (χ4v) is 3.81. The van der Waals surface area contributed by atoms with Crippen LogP contribution in [0.15, 0.2) is 42.5 Å². The molecule has 0 aliphatic rings. The molecular formula is C24H23Cl2F6Zr-. The van der Waals surface area contributed by atoms with E-state index in [9.17, 15) is 26.3 Å². The van der Waals surface area contributed by atoms with Crippen molar-refractivity contribution in [3.63, 3.8) is 0 Å². The van der Waals surface area contributed by atoms with Crippen molar-refractivity contribution < 1.29 is 47.2 Å². The first-order valence-electron chi connectivity index (χ1n) is 10.1. The standard InChI is InChI=1S/C24H23F6.2ClH.Zr/c1-5-6-14-9-15-7-8-20(22(2,3)4)21(19(15)10-14)16-11-17(23(25,26)27)13-18(12-16)24(28,29)30;;;/h7-13H,5-6H2,1-4H3;2*1H;/q-1;;;+2/p-2. The van der Waals surface area contributed by atoms with Crippen molar-refractivity contribution in [1.82, 2.24) is 0 Å². The third-order valence-electron chi connectivity index (χ3n) is 5.17. The molecule has 0 atom stereocenters. The number of rotatable bonds is 3. The van der Waals surface area contributed by atoms with E-state index >= 15 is 0 Å². The monoisotopic (exact) mass is 585 g/mol. The van der Waals surface area contributed by atoms with Crippen LogP contribution in [0, 0.1) is 0 Å². The number of aryl methyl sites for hydroxylation is 1. The summed E-state index contributed by atoms with van der Waals surface area (Å²) in [6.07, 6.45) is -8.09. The molecule has 0 spiro atoms. The summed E-state index contributed by atoms with van der Waals surface area (Å²) >= 11 is -0.826. The minimum atomic E-state index is -4.88. The van der Waals surface area contributed by atoms with Crippen LogP contribution in [0.25, 0.3) is 21.9 Å². The van der Waals surface area contributed by atoms with Crippen molar-refractivity contribution in [1.29, 1.82) is 0 Å². The van der Waals surface area contributed by atoms with Crippen LogP contribution in [0.2, 0.25) is 0 Å². The van der Waals surface area contributed by atoms with E-state index in [1.165, 1.54) is 0 Å². The van der Waals surface area contributed by atoms with Crippen LogP contribution in [0.5, 0.6) is 0 Å². The van der Waals surface area contributed by atoms with E-state index < -0.39 is 49.7 Å². The van der Waals surface area contributed by atoms with Gasteiger partial charge < -0.3 is 0 Å². The summed E-state index contributed by atoms with van der Waals surface area (Å²) < 4.78 is 80.6. The van der Waals surface area contributed by atoms with E-state index in [0.29, 0.717) is 16.5 Å². The summed E-state index contributed by atoms with van der Waals surface area (Å²) in [5.74, 6) is 0. The summed E-state index contributed by atoms with van der Waals surface area (Å²) in [6.45, 7) is 7.70. The summed E-state index contributed by atoms with van der Waals surface area (Å²) in [5.41, 5.74) is -0.994. The molecule has 3 aromatic rings. The van der Waals surface area contributed by atoms with Gasteiger partial charge in [0.1, 0.15) is 0 Å². The molecule has 33 heavy (non-hydrogen) atoms. The summed E-state index contributed by atoms with van der Waals surface area (Å²) in [6, 6.07) is 9.35. The average molecular weight is 588 g/mol. The van der Waals surface area contributed by atoms with E-state index in [1.807, 2.05) is 45.9 Å². The van der Waals surface area contributed by atoms with Crippen LogP contribution in [0.4, 0.5) is 26.3 Å². The van der Waals surface area contributed by atoms with Crippen LogP contribution in [0.3, 0.4) is 0 Å². The SMILES string of the molecule is CCCc1cc2c(-c3cc(C(F)(F)F)cc(C(F)(F)F)c3)c(C(C)(C)C)ccc2[cH-]1.[Cl][Zr][Cl]. The van der Waals surface area contributed by atoms with Gasteiger partial charge in [0.15, 0.2) is 0 Å². The molecule has 0 bridgehead atoms. The Morgan fingerprint density at radius 3 is 1.79 bits per heavy atom. The fraction of sp³-hybridized carbons (Fsp3) is 0.375. The molecule has 0 unspecified atom stereocenters. The zero-order valence-electron chi connectivity index (χ0n) is 18.5. The second-order valence-corrected chi connectivity index (χ2v) is 12.5. The zero-order chi connectivity index (χ0) is 25.2. The van der Waals surface area contributed by atoms with E-state index in [1.54, 1.807) is 6.07 Å². The second kappa shape index (κ2) is 10.8. The average Bonchev–Trinajstić information content (AvgIpc) is 3.08. The molecule has 0 aromatic heterocycles. The fourth-order valence-electron chi connectivity index (χ4n) is 3.81. The summed E-state index contributed by atoms with van der Waals surface area (Å²) in [5, 5.41) is 1.49.